The molecule has 1 heterocycles. The molecule has 0 aliphatic heterocycles. The molecule has 1 fully saturated rings. The van der Waals surface area contributed by atoms with Crippen molar-refractivity contribution in [3.63, 3.8) is 0 Å². The highest BCUT2D eigenvalue weighted by Crippen LogP contribution is 2.25. The zero-order chi connectivity index (χ0) is 21.1. The van der Waals surface area contributed by atoms with E-state index < -0.39 is 0 Å². The van der Waals surface area contributed by atoms with E-state index in [0.29, 0.717) is 32.7 Å². The maximum absolute atomic E-state index is 13.2. The van der Waals surface area contributed by atoms with Crippen LogP contribution < -0.4 is 10.9 Å². The van der Waals surface area contributed by atoms with Crippen LogP contribution in [-0.2, 0) is 4.79 Å². The van der Waals surface area contributed by atoms with Crippen molar-refractivity contribution in [1.29, 1.82) is 0 Å². The van der Waals surface area contributed by atoms with Gasteiger partial charge in [0.25, 0.3) is 5.56 Å². The zero-order valence-electron chi connectivity index (χ0n) is 16.8. The number of para-hydroxylation sites is 1. The van der Waals surface area contributed by atoms with Crippen LogP contribution in [0.3, 0.4) is 0 Å². The second-order valence-corrected chi connectivity index (χ2v) is 9.13. The molecule has 5 nitrogen and oxygen atoms in total. The van der Waals surface area contributed by atoms with Gasteiger partial charge >= 0.3 is 0 Å². The van der Waals surface area contributed by atoms with Crippen LogP contribution in [0.15, 0.2) is 58.5 Å². The van der Waals surface area contributed by atoms with Gasteiger partial charge in [0.1, 0.15) is 0 Å². The summed E-state index contributed by atoms with van der Waals surface area (Å²) in [5.74, 6) is 0.684. The largest absolute Gasteiger partial charge is 0.352 e. The summed E-state index contributed by atoms with van der Waals surface area (Å²) in [6.45, 7) is 2.19. The van der Waals surface area contributed by atoms with Gasteiger partial charge in [0.15, 0.2) is 5.16 Å². The number of thioether (sulfide) groups is 1. The lowest BCUT2D eigenvalue weighted by Crippen LogP contribution is -2.41. The van der Waals surface area contributed by atoms with Gasteiger partial charge in [-0.2, -0.15) is 0 Å². The number of nitrogens with zero attached hydrogens (tertiary/aromatic N) is 2. The Kier molecular flexibility index (Phi) is 6.44. The minimum absolute atomic E-state index is 0.0242. The number of halogens is 1. The molecule has 1 N–H and O–H groups in total. The van der Waals surface area contributed by atoms with Crippen LogP contribution in [0.1, 0.15) is 32.6 Å². The Morgan fingerprint density at radius 3 is 2.67 bits per heavy atom. The number of aromatic nitrogens is 2. The van der Waals surface area contributed by atoms with Gasteiger partial charge in [-0.15, -0.1) is 0 Å². The molecule has 1 amide bonds. The van der Waals surface area contributed by atoms with E-state index in [1.807, 2.05) is 18.2 Å². The molecule has 3 aromatic rings. The number of hydrogen-bond acceptors (Lipinski definition) is 4. The van der Waals surface area contributed by atoms with E-state index in [0.717, 1.165) is 19.3 Å². The number of benzene rings is 2. The highest BCUT2D eigenvalue weighted by Gasteiger charge is 2.23. The number of rotatable bonds is 5. The summed E-state index contributed by atoms with van der Waals surface area (Å²) in [5, 5.41) is 4.79. The van der Waals surface area contributed by atoms with Crippen LogP contribution in [-0.4, -0.2) is 27.3 Å². The SMILES string of the molecule is CC1CCCCC1NC(=O)CSc1nc2ccccc2c(=O)n1-c1ccc(Cl)cc1. The second-order valence-electron chi connectivity index (χ2n) is 7.75. The lowest BCUT2D eigenvalue weighted by molar-refractivity contribution is -0.119. The predicted molar refractivity (Wildman–Crippen MR) is 123 cm³/mol. The number of nitrogens with one attached hydrogen (secondary N) is 1. The maximum atomic E-state index is 13.2. The molecule has 0 spiro atoms. The molecule has 0 saturated heterocycles. The first-order valence-electron chi connectivity index (χ1n) is 10.2. The number of carbonyl (C=O) groups excluding carboxylic acids is 1. The standard InChI is InChI=1S/C23H24ClN3O2S/c1-15-6-2-4-8-19(15)25-21(28)14-30-23-26-20-9-5-3-7-18(20)22(29)27(23)17-12-10-16(24)11-13-17/h3,5,7,9-13,15,19H,2,4,6,8,14H2,1H3,(H,25,28). The summed E-state index contributed by atoms with van der Waals surface area (Å²) >= 11 is 7.30. The second kappa shape index (κ2) is 9.23. The highest BCUT2D eigenvalue weighted by atomic mass is 35.5. The van der Waals surface area contributed by atoms with Gasteiger partial charge in [-0.05, 0) is 55.2 Å². The zero-order valence-corrected chi connectivity index (χ0v) is 18.4. The van der Waals surface area contributed by atoms with Crippen molar-refractivity contribution >= 4 is 40.2 Å². The topological polar surface area (TPSA) is 64.0 Å². The van der Waals surface area contributed by atoms with Crippen molar-refractivity contribution in [3.8, 4) is 5.69 Å². The molecule has 7 heteroatoms. The first kappa shape index (κ1) is 20.9. The first-order valence-corrected chi connectivity index (χ1v) is 11.6. The van der Waals surface area contributed by atoms with E-state index in [4.69, 9.17) is 11.6 Å². The lowest BCUT2D eigenvalue weighted by Gasteiger charge is -2.29. The van der Waals surface area contributed by atoms with Crippen molar-refractivity contribution in [2.45, 2.75) is 43.8 Å². The van der Waals surface area contributed by atoms with E-state index in [1.165, 1.54) is 18.2 Å². The summed E-state index contributed by atoms with van der Waals surface area (Å²) in [6, 6.07) is 14.5. The Bertz CT molecular complexity index is 1110. The number of fused-ring (bicyclic) bond motifs is 1. The van der Waals surface area contributed by atoms with Gasteiger partial charge in [0.2, 0.25) is 5.91 Å². The van der Waals surface area contributed by atoms with E-state index >= 15 is 0 Å². The number of hydrogen-bond donors (Lipinski definition) is 1. The Labute approximate surface area is 184 Å². The van der Waals surface area contributed by atoms with Crippen LogP contribution in [0.4, 0.5) is 0 Å². The van der Waals surface area contributed by atoms with Gasteiger partial charge in [0.05, 0.1) is 22.3 Å². The van der Waals surface area contributed by atoms with Gasteiger partial charge in [-0.1, -0.05) is 55.3 Å². The molecule has 1 aliphatic rings. The lowest BCUT2D eigenvalue weighted by atomic mass is 9.86. The third-order valence-corrected chi connectivity index (χ3v) is 6.81. The minimum atomic E-state index is -0.160. The molecule has 1 aliphatic carbocycles. The summed E-state index contributed by atoms with van der Waals surface area (Å²) in [5.41, 5.74) is 1.13. The third-order valence-electron chi connectivity index (χ3n) is 5.62. The Morgan fingerprint density at radius 1 is 1.17 bits per heavy atom. The van der Waals surface area contributed by atoms with Crippen LogP contribution >= 0.6 is 23.4 Å². The molecule has 156 valence electrons. The first-order chi connectivity index (χ1) is 14.5. The normalized spacial score (nSPS) is 19.0. The quantitative estimate of drug-likeness (QED) is 0.455. The molecule has 30 heavy (non-hydrogen) atoms. The summed E-state index contributed by atoms with van der Waals surface area (Å²) in [7, 11) is 0. The molecule has 1 aromatic heterocycles. The van der Waals surface area contributed by atoms with E-state index in [9.17, 15) is 9.59 Å². The summed E-state index contributed by atoms with van der Waals surface area (Å²) in [4.78, 5) is 30.5. The number of carbonyl (C=O) groups is 1. The van der Waals surface area contributed by atoms with Crippen LogP contribution in [0, 0.1) is 5.92 Å². The average molecular weight is 442 g/mol. The molecule has 2 atom stereocenters. The molecular formula is C23H24ClN3O2S. The predicted octanol–water partition coefficient (Wildman–Crippen LogP) is 4.83. The van der Waals surface area contributed by atoms with Crippen molar-refractivity contribution in [2.24, 2.45) is 5.92 Å². The number of amides is 1. The molecule has 0 radical (unpaired) electrons. The molecule has 1 saturated carbocycles. The fraction of sp³-hybridized carbons (Fsp3) is 0.348. The summed E-state index contributed by atoms with van der Waals surface area (Å²) in [6.07, 6.45) is 4.57. The van der Waals surface area contributed by atoms with Gasteiger partial charge in [-0.3, -0.25) is 14.2 Å². The third kappa shape index (κ3) is 4.55. The maximum Gasteiger partial charge on any atom is 0.266 e. The monoisotopic (exact) mass is 441 g/mol. The van der Waals surface area contributed by atoms with Crippen molar-refractivity contribution in [3.05, 3.63) is 63.9 Å². The van der Waals surface area contributed by atoms with Crippen LogP contribution in [0.2, 0.25) is 5.02 Å². The van der Waals surface area contributed by atoms with Gasteiger partial charge < -0.3 is 5.32 Å². The van der Waals surface area contributed by atoms with Gasteiger partial charge in [0, 0.05) is 11.1 Å². The van der Waals surface area contributed by atoms with Crippen molar-refractivity contribution < 1.29 is 4.79 Å². The Morgan fingerprint density at radius 2 is 1.90 bits per heavy atom. The molecule has 0 bridgehead atoms. The van der Waals surface area contributed by atoms with Crippen molar-refractivity contribution in [2.75, 3.05) is 5.75 Å². The fourth-order valence-electron chi connectivity index (χ4n) is 3.94. The van der Waals surface area contributed by atoms with Crippen LogP contribution in [0.5, 0.6) is 0 Å². The molecule has 2 unspecified atom stereocenters. The molecule has 4 rings (SSSR count). The van der Waals surface area contributed by atoms with E-state index in [2.05, 4.69) is 17.2 Å². The average Bonchev–Trinajstić information content (AvgIpc) is 2.75. The van der Waals surface area contributed by atoms with Crippen molar-refractivity contribution in [1.82, 2.24) is 14.9 Å². The van der Waals surface area contributed by atoms with Crippen LogP contribution in [0.25, 0.3) is 16.6 Å². The Balaban J connectivity index is 1.62. The molecule has 2 aromatic carbocycles. The minimum Gasteiger partial charge on any atom is -0.352 e. The van der Waals surface area contributed by atoms with E-state index in [-0.39, 0.29) is 23.3 Å². The van der Waals surface area contributed by atoms with Gasteiger partial charge in [-0.25, -0.2) is 4.98 Å². The van der Waals surface area contributed by atoms with E-state index in [1.54, 1.807) is 34.9 Å². The smallest absolute Gasteiger partial charge is 0.266 e. The summed E-state index contributed by atoms with van der Waals surface area (Å²) < 4.78 is 1.56. The highest BCUT2D eigenvalue weighted by molar-refractivity contribution is 7.99. The molecular weight excluding hydrogens is 418 g/mol. The Hall–Kier alpha value is -2.31. The fourth-order valence-corrected chi connectivity index (χ4v) is 4.89.